The standard InChI is InChI=1S/C16H18N2O3/c1-3-10-6-5-7-11(4-2)15(10)18-16(21)12-8-13(19)17-14(20)9-12/h5-9H,3-4H2,1-2H3,(H,18,21)(H2,17,19,20). The van der Waals surface area contributed by atoms with Crippen LogP contribution in [-0.2, 0) is 12.8 Å². The number of carbonyl (C=O) groups is 1. The highest BCUT2D eigenvalue weighted by Crippen LogP contribution is 2.23. The van der Waals surface area contributed by atoms with Gasteiger partial charge in [-0.15, -0.1) is 0 Å². The Bertz CT molecular complexity index is 697. The molecule has 2 rings (SSSR count). The molecule has 0 unspecified atom stereocenters. The van der Waals surface area contributed by atoms with Gasteiger partial charge in [0.05, 0.1) is 5.56 Å². The topological polar surface area (TPSA) is 82.2 Å². The largest absolute Gasteiger partial charge is 0.494 e. The van der Waals surface area contributed by atoms with Gasteiger partial charge in [-0.2, -0.15) is 0 Å². The Kier molecular flexibility index (Phi) is 4.42. The average Bonchev–Trinajstić information content (AvgIpc) is 2.46. The van der Waals surface area contributed by atoms with E-state index in [9.17, 15) is 14.7 Å². The van der Waals surface area contributed by atoms with Crippen LogP contribution in [0.2, 0.25) is 0 Å². The summed E-state index contributed by atoms with van der Waals surface area (Å²) in [6, 6.07) is 8.28. The summed E-state index contributed by atoms with van der Waals surface area (Å²) in [6.07, 6.45) is 1.59. The molecule has 1 aromatic carbocycles. The number of hydrogen-bond acceptors (Lipinski definition) is 3. The molecule has 2 aromatic rings. The summed E-state index contributed by atoms with van der Waals surface area (Å²) in [4.78, 5) is 25.8. The molecule has 0 saturated heterocycles. The lowest BCUT2D eigenvalue weighted by Crippen LogP contribution is -2.17. The molecule has 1 heterocycles. The first-order chi connectivity index (χ1) is 10.0. The summed E-state index contributed by atoms with van der Waals surface area (Å²) < 4.78 is 0. The lowest BCUT2D eigenvalue weighted by Gasteiger charge is -2.14. The van der Waals surface area contributed by atoms with E-state index in [0.717, 1.165) is 35.7 Å². The first kappa shape index (κ1) is 14.8. The minimum Gasteiger partial charge on any atom is -0.494 e. The number of nitrogens with one attached hydrogen (secondary N) is 2. The number of carbonyl (C=O) groups excluding carboxylic acids is 1. The predicted molar refractivity (Wildman–Crippen MR) is 81.9 cm³/mol. The van der Waals surface area contributed by atoms with Gasteiger partial charge in [-0.05, 0) is 24.0 Å². The quantitative estimate of drug-likeness (QED) is 0.807. The molecule has 1 amide bonds. The Morgan fingerprint density at radius 3 is 2.33 bits per heavy atom. The predicted octanol–water partition coefficient (Wildman–Crippen LogP) is 2.46. The van der Waals surface area contributed by atoms with Crippen LogP contribution in [0.25, 0.3) is 0 Å². The number of benzene rings is 1. The molecule has 0 bridgehead atoms. The molecule has 0 spiro atoms. The first-order valence-electron chi connectivity index (χ1n) is 6.90. The van der Waals surface area contributed by atoms with Crippen molar-refractivity contribution >= 4 is 11.6 Å². The van der Waals surface area contributed by atoms with Gasteiger partial charge >= 0.3 is 0 Å². The van der Waals surface area contributed by atoms with Crippen LogP contribution < -0.4 is 10.9 Å². The van der Waals surface area contributed by atoms with Gasteiger partial charge in [0.2, 0.25) is 0 Å². The Hall–Kier alpha value is -2.56. The number of aryl methyl sites for hydroxylation is 2. The van der Waals surface area contributed by atoms with Crippen molar-refractivity contribution in [2.75, 3.05) is 5.32 Å². The molecule has 0 aliphatic carbocycles. The molecule has 5 nitrogen and oxygen atoms in total. The third-order valence-corrected chi connectivity index (χ3v) is 3.33. The monoisotopic (exact) mass is 286 g/mol. The minimum atomic E-state index is -0.514. The zero-order valence-corrected chi connectivity index (χ0v) is 12.1. The highest BCUT2D eigenvalue weighted by atomic mass is 16.3. The summed E-state index contributed by atoms with van der Waals surface area (Å²) in [6.45, 7) is 4.03. The van der Waals surface area contributed by atoms with E-state index in [4.69, 9.17) is 0 Å². The van der Waals surface area contributed by atoms with Crippen LogP contribution in [0.5, 0.6) is 5.88 Å². The number of aromatic amines is 1. The van der Waals surface area contributed by atoms with E-state index in [1.165, 1.54) is 6.07 Å². The van der Waals surface area contributed by atoms with Crippen molar-refractivity contribution in [1.29, 1.82) is 0 Å². The van der Waals surface area contributed by atoms with E-state index in [-0.39, 0.29) is 11.4 Å². The zero-order chi connectivity index (χ0) is 15.4. The van der Waals surface area contributed by atoms with E-state index < -0.39 is 11.5 Å². The van der Waals surface area contributed by atoms with E-state index in [0.29, 0.717) is 0 Å². The van der Waals surface area contributed by atoms with Crippen LogP contribution in [0.4, 0.5) is 5.69 Å². The van der Waals surface area contributed by atoms with Gasteiger partial charge in [0.25, 0.3) is 11.5 Å². The maximum absolute atomic E-state index is 12.3. The molecule has 110 valence electrons. The molecule has 3 N–H and O–H groups in total. The summed E-state index contributed by atoms with van der Waals surface area (Å²) in [5, 5.41) is 12.2. The molecule has 0 aliphatic rings. The fourth-order valence-electron chi connectivity index (χ4n) is 2.25. The Morgan fingerprint density at radius 2 is 1.81 bits per heavy atom. The van der Waals surface area contributed by atoms with Gasteiger partial charge in [-0.25, -0.2) is 0 Å². The normalized spacial score (nSPS) is 10.4. The molecule has 0 aliphatic heterocycles. The number of anilines is 1. The summed E-state index contributed by atoms with van der Waals surface area (Å²) in [5.74, 6) is -0.737. The second-order valence-electron chi connectivity index (χ2n) is 4.73. The number of aromatic hydroxyl groups is 1. The first-order valence-corrected chi connectivity index (χ1v) is 6.90. The van der Waals surface area contributed by atoms with Crippen molar-refractivity contribution in [3.63, 3.8) is 0 Å². The molecule has 0 saturated carbocycles. The maximum atomic E-state index is 12.3. The van der Waals surface area contributed by atoms with Gasteiger partial charge in [-0.3, -0.25) is 14.6 Å². The Labute approximate surface area is 122 Å². The van der Waals surface area contributed by atoms with Gasteiger partial charge in [0.1, 0.15) is 0 Å². The number of amides is 1. The summed E-state index contributed by atoms with van der Waals surface area (Å²) in [7, 11) is 0. The van der Waals surface area contributed by atoms with Crippen molar-refractivity contribution in [3.8, 4) is 5.88 Å². The molecular formula is C16H18N2O3. The Morgan fingerprint density at radius 1 is 1.19 bits per heavy atom. The van der Waals surface area contributed by atoms with E-state index in [1.54, 1.807) is 0 Å². The van der Waals surface area contributed by atoms with Gasteiger partial charge in [0.15, 0.2) is 5.88 Å². The molecule has 0 radical (unpaired) electrons. The summed E-state index contributed by atoms with van der Waals surface area (Å²) in [5.41, 5.74) is 2.48. The highest BCUT2D eigenvalue weighted by molar-refractivity contribution is 6.05. The van der Waals surface area contributed by atoms with Gasteiger partial charge < -0.3 is 10.4 Å². The van der Waals surface area contributed by atoms with Crippen molar-refractivity contribution in [1.82, 2.24) is 4.98 Å². The number of hydrogen-bond donors (Lipinski definition) is 3. The third-order valence-electron chi connectivity index (χ3n) is 3.33. The SMILES string of the molecule is CCc1cccc(CC)c1NC(=O)c1cc(O)[nH]c(=O)c1. The fourth-order valence-corrected chi connectivity index (χ4v) is 2.25. The van der Waals surface area contributed by atoms with E-state index in [1.807, 2.05) is 32.0 Å². The number of pyridine rings is 1. The fraction of sp³-hybridized carbons (Fsp3) is 0.250. The molecular weight excluding hydrogens is 268 g/mol. The van der Waals surface area contributed by atoms with E-state index in [2.05, 4.69) is 10.3 Å². The molecule has 21 heavy (non-hydrogen) atoms. The second-order valence-corrected chi connectivity index (χ2v) is 4.73. The number of rotatable bonds is 4. The van der Waals surface area contributed by atoms with Crippen LogP contribution in [0.15, 0.2) is 35.1 Å². The van der Waals surface area contributed by atoms with Crippen molar-refractivity contribution in [2.45, 2.75) is 26.7 Å². The van der Waals surface area contributed by atoms with Crippen molar-refractivity contribution in [2.24, 2.45) is 0 Å². The molecule has 0 fully saturated rings. The smallest absolute Gasteiger partial charge is 0.256 e. The number of H-pyrrole nitrogens is 1. The summed E-state index contributed by atoms with van der Waals surface area (Å²) >= 11 is 0. The highest BCUT2D eigenvalue weighted by Gasteiger charge is 2.13. The lowest BCUT2D eigenvalue weighted by atomic mass is 10.0. The van der Waals surface area contributed by atoms with E-state index >= 15 is 0 Å². The van der Waals surface area contributed by atoms with Crippen LogP contribution >= 0.6 is 0 Å². The number of aromatic nitrogens is 1. The van der Waals surface area contributed by atoms with Crippen LogP contribution in [0, 0.1) is 0 Å². The molecule has 0 atom stereocenters. The van der Waals surface area contributed by atoms with Crippen molar-refractivity contribution in [3.05, 3.63) is 57.4 Å². The van der Waals surface area contributed by atoms with Crippen LogP contribution in [0.3, 0.4) is 0 Å². The minimum absolute atomic E-state index is 0.129. The van der Waals surface area contributed by atoms with Gasteiger partial charge in [-0.1, -0.05) is 32.0 Å². The zero-order valence-electron chi connectivity index (χ0n) is 12.1. The Balaban J connectivity index is 2.37. The molecule has 1 aromatic heterocycles. The van der Waals surface area contributed by atoms with Crippen molar-refractivity contribution < 1.29 is 9.90 Å². The van der Waals surface area contributed by atoms with Crippen LogP contribution in [0.1, 0.15) is 35.3 Å². The lowest BCUT2D eigenvalue weighted by molar-refractivity contribution is 0.102. The third kappa shape index (κ3) is 3.31. The molecule has 5 heteroatoms. The average molecular weight is 286 g/mol. The van der Waals surface area contributed by atoms with Crippen LogP contribution in [-0.4, -0.2) is 16.0 Å². The second kappa shape index (κ2) is 6.26. The maximum Gasteiger partial charge on any atom is 0.256 e. The van der Waals surface area contributed by atoms with Gasteiger partial charge in [0, 0.05) is 17.8 Å². The number of para-hydroxylation sites is 1.